The van der Waals surface area contributed by atoms with Crippen LogP contribution in [0.4, 0.5) is 4.39 Å². The number of benzene rings is 3. The van der Waals surface area contributed by atoms with Crippen LogP contribution in [0.3, 0.4) is 0 Å². The van der Waals surface area contributed by atoms with E-state index >= 15 is 0 Å². The molecule has 1 saturated heterocycles. The highest BCUT2D eigenvalue weighted by atomic mass is 32.2. The number of rotatable bonds is 6. The first-order chi connectivity index (χ1) is 15.4. The van der Waals surface area contributed by atoms with Crippen LogP contribution >= 0.6 is 0 Å². The van der Waals surface area contributed by atoms with E-state index in [0.717, 1.165) is 15.4 Å². The molecule has 0 saturated carbocycles. The van der Waals surface area contributed by atoms with Crippen molar-refractivity contribution < 1.29 is 27.1 Å². The van der Waals surface area contributed by atoms with Crippen LogP contribution in [0.15, 0.2) is 83.8 Å². The zero-order valence-corrected chi connectivity index (χ0v) is 18.2. The molecule has 32 heavy (non-hydrogen) atoms. The summed E-state index contributed by atoms with van der Waals surface area (Å²) in [7, 11) is -2.85. The molecule has 0 radical (unpaired) electrons. The van der Waals surface area contributed by atoms with Crippen LogP contribution in [0.1, 0.15) is 6.42 Å². The molecule has 0 spiro atoms. The number of halogens is 1. The first-order valence-electron chi connectivity index (χ1n) is 10.1. The minimum absolute atomic E-state index is 0.00596. The predicted molar refractivity (Wildman–Crippen MR) is 117 cm³/mol. The van der Waals surface area contributed by atoms with Gasteiger partial charge in [-0.1, -0.05) is 54.6 Å². The van der Waals surface area contributed by atoms with Gasteiger partial charge in [0.1, 0.15) is 12.1 Å². The molecule has 1 aliphatic heterocycles. The van der Waals surface area contributed by atoms with Gasteiger partial charge in [0, 0.05) is 6.42 Å². The van der Waals surface area contributed by atoms with Gasteiger partial charge in [0.15, 0.2) is 11.6 Å². The lowest BCUT2D eigenvalue weighted by molar-refractivity contribution is -0.144. The maximum Gasteiger partial charge on any atom is 0.324 e. The molecule has 166 valence electrons. The smallest absolute Gasteiger partial charge is 0.324 e. The molecule has 0 N–H and O–H groups in total. The predicted octanol–water partition coefficient (Wildman–Crippen LogP) is 3.88. The Morgan fingerprint density at radius 3 is 2.38 bits per heavy atom. The number of nitrogens with zero attached hydrogens (tertiary/aromatic N) is 1. The summed E-state index contributed by atoms with van der Waals surface area (Å²) in [5, 5.41) is 0. The third-order valence-corrected chi connectivity index (χ3v) is 7.24. The number of methoxy groups -OCH3 is 1. The minimum atomic E-state index is -4.05. The molecule has 1 fully saturated rings. The van der Waals surface area contributed by atoms with Gasteiger partial charge in [-0.15, -0.1) is 0 Å². The monoisotopic (exact) mass is 455 g/mol. The Bertz CT molecular complexity index is 1220. The van der Waals surface area contributed by atoms with Crippen molar-refractivity contribution >= 4 is 16.0 Å². The molecular formula is C24H22FNO5S. The van der Waals surface area contributed by atoms with Crippen molar-refractivity contribution in [3.8, 4) is 16.9 Å². The number of para-hydroxylation sites is 1. The number of sulfonamides is 1. The quantitative estimate of drug-likeness (QED) is 0.528. The average molecular weight is 456 g/mol. The number of hydrogen-bond donors (Lipinski definition) is 0. The number of carbonyl (C=O) groups excluding carboxylic acids is 1. The molecule has 8 heteroatoms. The standard InChI is InChI=1S/C24H22FNO5S/c1-30-24(27)22-15-19(31-23-13-6-5-12-21(23)25)16-26(22)32(28,29)20-11-7-10-18(14-20)17-8-3-2-4-9-17/h2-14,19,22H,15-16H2,1H3. The zero-order chi connectivity index (χ0) is 22.7. The van der Waals surface area contributed by atoms with Crippen molar-refractivity contribution in [1.82, 2.24) is 4.31 Å². The normalized spacial score (nSPS) is 18.9. The summed E-state index contributed by atoms with van der Waals surface area (Å²) in [6.07, 6.45) is -0.651. The Balaban J connectivity index is 1.65. The summed E-state index contributed by atoms with van der Waals surface area (Å²) in [6.45, 7) is -0.105. The first kappa shape index (κ1) is 22.0. The van der Waals surface area contributed by atoms with Crippen molar-refractivity contribution in [1.29, 1.82) is 0 Å². The molecule has 4 rings (SSSR count). The molecule has 3 aromatic carbocycles. The third kappa shape index (κ3) is 4.37. The van der Waals surface area contributed by atoms with Crippen molar-refractivity contribution in [3.63, 3.8) is 0 Å². The maximum atomic E-state index is 14.0. The topological polar surface area (TPSA) is 72.9 Å². The second-order valence-electron chi connectivity index (χ2n) is 7.41. The van der Waals surface area contributed by atoms with E-state index in [1.807, 2.05) is 36.4 Å². The summed E-state index contributed by atoms with van der Waals surface area (Å²) in [5.41, 5.74) is 1.61. The van der Waals surface area contributed by atoms with Crippen LogP contribution < -0.4 is 4.74 Å². The summed E-state index contributed by atoms with van der Waals surface area (Å²) in [6, 6.07) is 20.7. The van der Waals surface area contributed by atoms with Crippen LogP contribution in [-0.2, 0) is 19.6 Å². The fourth-order valence-corrected chi connectivity index (χ4v) is 5.46. The van der Waals surface area contributed by atoms with Crippen LogP contribution in [0.2, 0.25) is 0 Å². The number of esters is 1. The average Bonchev–Trinajstić information content (AvgIpc) is 3.25. The molecule has 2 atom stereocenters. The van der Waals surface area contributed by atoms with Crippen LogP contribution in [0.5, 0.6) is 5.75 Å². The lowest BCUT2D eigenvalue weighted by Gasteiger charge is -2.22. The van der Waals surface area contributed by atoms with E-state index in [2.05, 4.69) is 0 Å². The molecule has 1 heterocycles. The Hall–Kier alpha value is -3.23. The molecule has 0 amide bonds. The third-order valence-electron chi connectivity index (χ3n) is 5.37. The van der Waals surface area contributed by atoms with Gasteiger partial charge in [-0.05, 0) is 35.4 Å². The van der Waals surface area contributed by atoms with Gasteiger partial charge >= 0.3 is 5.97 Å². The highest BCUT2D eigenvalue weighted by Crippen LogP contribution is 2.32. The van der Waals surface area contributed by atoms with Gasteiger partial charge in [-0.25, -0.2) is 12.8 Å². The van der Waals surface area contributed by atoms with E-state index in [-0.39, 0.29) is 23.6 Å². The van der Waals surface area contributed by atoms with E-state index in [1.165, 1.54) is 31.4 Å². The highest BCUT2D eigenvalue weighted by molar-refractivity contribution is 7.89. The summed E-state index contributed by atoms with van der Waals surface area (Å²) >= 11 is 0. The lowest BCUT2D eigenvalue weighted by atomic mass is 10.1. The van der Waals surface area contributed by atoms with Crippen LogP contribution in [0, 0.1) is 5.82 Å². The summed E-state index contributed by atoms with van der Waals surface area (Å²) in [5.74, 6) is -1.24. The fraction of sp³-hybridized carbons (Fsp3) is 0.208. The largest absolute Gasteiger partial charge is 0.486 e. The number of hydrogen-bond acceptors (Lipinski definition) is 5. The molecule has 0 bridgehead atoms. The molecule has 3 aromatic rings. The Morgan fingerprint density at radius 1 is 0.969 bits per heavy atom. The van der Waals surface area contributed by atoms with Gasteiger partial charge in [-0.2, -0.15) is 4.31 Å². The van der Waals surface area contributed by atoms with Gasteiger partial charge in [0.25, 0.3) is 0 Å². The highest BCUT2D eigenvalue weighted by Gasteiger charge is 2.45. The van der Waals surface area contributed by atoms with E-state index in [9.17, 15) is 17.6 Å². The molecule has 6 nitrogen and oxygen atoms in total. The zero-order valence-electron chi connectivity index (χ0n) is 17.3. The van der Waals surface area contributed by atoms with E-state index in [0.29, 0.717) is 0 Å². The lowest BCUT2D eigenvalue weighted by Crippen LogP contribution is -2.41. The Labute approximate surface area is 186 Å². The molecule has 1 aliphatic rings. The van der Waals surface area contributed by atoms with E-state index in [4.69, 9.17) is 9.47 Å². The summed E-state index contributed by atoms with van der Waals surface area (Å²) < 4.78 is 52.6. The second kappa shape index (κ2) is 9.10. The van der Waals surface area contributed by atoms with Gasteiger partial charge < -0.3 is 9.47 Å². The number of ether oxygens (including phenoxy) is 2. The molecule has 0 aliphatic carbocycles. The summed E-state index contributed by atoms with van der Waals surface area (Å²) in [4.78, 5) is 12.5. The molecule has 0 aromatic heterocycles. The number of carbonyl (C=O) groups is 1. The van der Waals surface area contributed by atoms with Gasteiger partial charge in [0.05, 0.1) is 18.6 Å². The van der Waals surface area contributed by atoms with E-state index < -0.39 is 34.0 Å². The van der Waals surface area contributed by atoms with Crippen molar-refractivity contribution in [2.75, 3.05) is 13.7 Å². The van der Waals surface area contributed by atoms with Crippen molar-refractivity contribution in [3.05, 3.63) is 84.7 Å². The molecular weight excluding hydrogens is 433 g/mol. The first-order valence-corrected chi connectivity index (χ1v) is 11.5. The van der Waals surface area contributed by atoms with Crippen LogP contribution in [-0.4, -0.2) is 44.5 Å². The Kier molecular flexibility index (Phi) is 6.25. The molecule has 2 unspecified atom stereocenters. The second-order valence-corrected chi connectivity index (χ2v) is 9.30. The van der Waals surface area contributed by atoms with Crippen molar-refractivity contribution in [2.45, 2.75) is 23.5 Å². The fourth-order valence-electron chi connectivity index (χ4n) is 3.79. The van der Waals surface area contributed by atoms with E-state index in [1.54, 1.807) is 18.2 Å². The minimum Gasteiger partial charge on any atom is -0.486 e. The SMILES string of the molecule is COC(=O)C1CC(Oc2ccccc2F)CN1S(=O)(=O)c1cccc(-c2ccccc2)c1. The van der Waals surface area contributed by atoms with Crippen LogP contribution in [0.25, 0.3) is 11.1 Å². The maximum absolute atomic E-state index is 14.0. The Morgan fingerprint density at radius 2 is 1.66 bits per heavy atom. The van der Waals surface area contributed by atoms with Gasteiger partial charge in [-0.3, -0.25) is 4.79 Å². The van der Waals surface area contributed by atoms with Gasteiger partial charge in [0.2, 0.25) is 10.0 Å². The van der Waals surface area contributed by atoms with Crippen molar-refractivity contribution in [2.24, 2.45) is 0 Å².